The number of nitro groups is 1. The van der Waals surface area contributed by atoms with E-state index in [1.807, 2.05) is 0 Å². The highest BCUT2D eigenvalue weighted by Gasteiger charge is 2.31. The fourth-order valence-corrected chi connectivity index (χ4v) is 2.81. The molecular weight excluding hydrogens is 304 g/mol. The van der Waals surface area contributed by atoms with Crippen LogP contribution in [-0.4, -0.2) is 35.1 Å². The van der Waals surface area contributed by atoms with Crippen LogP contribution in [0.3, 0.4) is 0 Å². The number of aliphatic carboxylic acids is 1. The number of methoxy groups -OCH3 is 1. The maximum atomic E-state index is 12.3. The number of carbonyl (C=O) groups is 2. The Hall–Kier alpha value is -2.64. The molecule has 8 heteroatoms. The van der Waals surface area contributed by atoms with E-state index in [1.54, 1.807) is 6.92 Å². The Bertz CT molecular complexity index is 658. The van der Waals surface area contributed by atoms with Crippen molar-refractivity contribution >= 4 is 17.6 Å². The number of carboxylic acid groups (broad SMARTS) is 1. The van der Waals surface area contributed by atoms with Crippen molar-refractivity contribution in [1.29, 1.82) is 0 Å². The molecule has 124 valence electrons. The number of benzene rings is 1. The highest BCUT2D eigenvalue weighted by Crippen LogP contribution is 2.30. The number of nitrogens with one attached hydrogen (secondary N) is 1. The van der Waals surface area contributed by atoms with Crippen LogP contribution in [-0.2, 0) is 4.79 Å². The predicted molar refractivity (Wildman–Crippen MR) is 80.6 cm³/mol. The summed E-state index contributed by atoms with van der Waals surface area (Å²) in [6, 6.07) is 2.41. The molecule has 2 N–H and O–H groups in total. The second-order valence-corrected chi connectivity index (χ2v) is 5.60. The summed E-state index contributed by atoms with van der Waals surface area (Å²) in [5.41, 5.74) is 0.281. The van der Waals surface area contributed by atoms with Crippen LogP contribution in [0.1, 0.15) is 35.2 Å². The van der Waals surface area contributed by atoms with Crippen molar-refractivity contribution in [3.8, 4) is 5.75 Å². The molecule has 0 unspecified atom stereocenters. The van der Waals surface area contributed by atoms with Gasteiger partial charge in [-0.3, -0.25) is 19.7 Å². The number of ether oxygens (including phenoxy) is 1. The van der Waals surface area contributed by atoms with Crippen LogP contribution >= 0.6 is 0 Å². The molecule has 1 aliphatic rings. The van der Waals surface area contributed by atoms with Crippen molar-refractivity contribution in [2.75, 3.05) is 7.11 Å². The molecule has 0 radical (unpaired) electrons. The van der Waals surface area contributed by atoms with E-state index in [1.165, 1.54) is 19.2 Å². The first-order valence-corrected chi connectivity index (χ1v) is 7.20. The number of hydrogen-bond donors (Lipinski definition) is 2. The highest BCUT2D eigenvalue weighted by atomic mass is 16.6. The van der Waals surface area contributed by atoms with Gasteiger partial charge >= 0.3 is 5.97 Å². The van der Waals surface area contributed by atoms with Gasteiger partial charge in [0.05, 0.1) is 23.5 Å². The number of rotatable bonds is 5. The van der Waals surface area contributed by atoms with Crippen molar-refractivity contribution in [2.45, 2.75) is 32.2 Å². The third-order valence-electron chi connectivity index (χ3n) is 4.13. The quantitative estimate of drug-likeness (QED) is 0.631. The molecule has 0 spiro atoms. The summed E-state index contributed by atoms with van der Waals surface area (Å²) < 4.78 is 5.08. The number of nitrogens with zero attached hydrogens (tertiary/aromatic N) is 1. The number of carboxylic acids is 1. The molecule has 0 aliphatic heterocycles. The third kappa shape index (κ3) is 3.58. The van der Waals surface area contributed by atoms with E-state index in [4.69, 9.17) is 9.84 Å². The van der Waals surface area contributed by atoms with Crippen molar-refractivity contribution < 1.29 is 24.4 Å². The summed E-state index contributed by atoms with van der Waals surface area (Å²) in [4.78, 5) is 33.7. The van der Waals surface area contributed by atoms with Crippen LogP contribution in [0.4, 0.5) is 5.69 Å². The van der Waals surface area contributed by atoms with Crippen molar-refractivity contribution in [3.05, 3.63) is 33.4 Å². The van der Waals surface area contributed by atoms with E-state index in [0.29, 0.717) is 24.8 Å². The van der Waals surface area contributed by atoms with Crippen LogP contribution in [0, 0.1) is 23.0 Å². The molecule has 2 rings (SSSR count). The molecule has 1 amide bonds. The van der Waals surface area contributed by atoms with E-state index < -0.39 is 22.7 Å². The molecule has 0 bridgehead atoms. The minimum absolute atomic E-state index is 0.123. The SMILES string of the molecule is COc1cc(C(=O)N[C@H]2CC[C@@H](C(=O)O)C2)cc([N+](=O)[O-])c1C. The lowest BCUT2D eigenvalue weighted by Crippen LogP contribution is -2.33. The Morgan fingerprint density at radius 2 is 2.09 bits per heavy atom. The highest BCUT2D eigenvalue weighted by molar-refractivity contribution is 5.96. The first-order valence-electron chi connectivity index (χ1n) is 7.20. The summed E-state index contributed by atoms with van der Waals surface area (Å²) in [7, 11) is 1.38. The topological polar surface area (TPSA) is 119 Å². The fraction of sp³-hybridized carbons (Fsp3) is 0.467. The zero-order valence-electron chi connectivity index (χ0n) is 12.9. The Labute approximate surface area is 132 Å². The van der Waals surface area contributed by atoms with E-state index in [-0.39, 0.29) is 23.0 Å². The van der Waals surface area contributed by atoms with Crippen LogP contribution < -0.4 is 10.1 Å². The van der Waals surface area contributed by atoms with Crippen molar-refractivity contribution in [1.82, 2.24) is 5.32 Å². The minimum Gasteiger partial charge on any atom is -0.496 e. The number of amides is 1. The van der Waals surface area contributed by atoms with E-state index in [2.05, 4.69) is 5.32 Å². The molecule has 0 heterocycles. The predicted octanol–water partition coefficient (Wildman–Crippen LogP) is 1.89. The van der Waals surface area contributed by atoms with Gasteiger partial charge in [0.25, 0.3) is 11.6 Å². The molecule has 8 nitrogen and oxygen atoms in total. The summed E-state index contributed by atoms with van der Waals surface area (Å²) in [5.74, 6) is -1.53. The standard InChI is InChI=1S/C15H18N2O6/c1-8-12(17(21)22)6-10(7-13(8)23-2)14(18)16-11-4-3-9(5-11)15(19)20/h6-7,9,11H,3-5H2,1-2H3,(H,16,18)(H,19,20)/t9-,11+/m1/s1. The van der Waals surface area contributed by atoms with Gasteiger partial charge in [-0.2, -0.15) is 0 Å². The van der Waals surface area contributed by atoms with Gasteiger partial charge in [0, 0.05) is 17.7 Å². The monoisotopic (exact) mass is 322 g/mol. The lowest BCUT2D eigenvalue weighted by molar-refractivity contribution is -0.385. The first kappa shape index (κ1) is 16.7. The van der Waals surface area contributed by atoms with Gasteiger partial charge in [0.1, 0.15) is 5.75 Å². The number of hydrogen-bond acceptors (Lipinski definition) is 5. The maximum Gasteiger partial charge on any atom is 0.306 e. The summed E-state index contributed by atoms with van der Waals surface area (Å²) in [5, 5.41) is 22.8. The smallest absolute Gasteiger partial charge is 0.306 e. The lowest BCUT2D eigenvalue weighted by Gasteiger charge is -2.14. The summed E-state index contributed by atoms with van der Waals surface area (Å²) >= 11 is 0. The minimum atomic E-state index is -0.866. The molecule has 0 saturated heterocycles. The van der Waals surface area contributed by atoms with Gasteiger partial charge in [0.2, 0.25) is 0 Å². The van der Waals surface area contributed by atoms with Gasteiger partial charge in [-0.15, -0.1) is 0 Å². The first-order chi connectivity index (χ1) is 10.8. The van der Waals surface area contributed by atoms with Crippen LogP contribution in [0.15, 0.2) is 12.1 Å². The summed E-state index contributed by atoms with van der Waals surface area (Å²) in [6.07, 6.45) is 1.46. The number of carbonyl (C=O) groups excluding carboxylic acids is 1. The van der Waals surface area contributed by atoms with Gasteiger partial charge in [-0.25, -0.2) is 0 Å². The fourth-order valence-electron chi connectivity index (χ4n) is 2.81. The van der Waals surface area contributed by atoms with Crippen molar-refractivity contribution in [3.63, 3.8) is 0 Å². The van der Waals surface area contributed by atoms with Gasteiger partial charge in [0.15, 0.2) is 0 Å². The maximum absolute atomic E-state index is 12.3. The molecule has 1 saturated carbocycles. The molecule has 23 heavy (non-hydrogen) atoms. The van der Waals surface area contributed by atoms with Gasteiger partial charge in [-0.1, -0.05) is 0 Å². The Morgan fingerprint density at radius 3 is 2.61 bits per heavy atom. The Balaban J connectivity index is 2.18. The van der Waals surface area contributed by atoms with Crippen molar-refractivity contribution in [2.24, 2.45) is 5.92 Å². The molecule has 1 aromatic carbocycles. The zero-order chi connectivity index (χ0) is 17.1. The lowest BCUT2D eigenvalue weighted by atomic mass is 10.1. The second kappa shape index (κ2) is 6.64. The van der Waals surface area contributed by atoms with E-state index >= 15 is 0 Å². The van der Waals surface area contributed by atoms with E-state index in [0.717, 1.165) is 0 Å². The normalized spacial score (nSPS) is 20.1. The van der Waals surface area contributed by atoms with Crippen LogP contribution in [0.25, 0.3) is 0 Å². The van der Waals surface area contributed by atoms with Crippen LogP contribution in [0.5, 0.6) is 5.75 Å². The largest absolute Gasteiger partial charge is 0.496 e. The molecule has 1 aromatic rings. The second-order valence-electron chi connectivity index (χ2n) is 5.60. The van der Waals surface area contributed by atoms with Crippen LogP contribution in [0.2, 0.25) is 0 Å². The summed E-state index contributed by atoms with van der Waals surface area (Å²) in [6.45, 7) is 1.55. The number of nitro benzene ring substituents is 1. The molecule has 2 atom stereocenters. The third-order valence-corrected chi connectivity index (χ3v) is 4.13. The van der Waals surface area contributed by atoms with E-state index in [9.17, 15) is 19.7 Å². The van der Waals surface area contributed by atoms with Gasteiger partial charge < -0.3 is 15.2 Å². The average Bonchev–Trinajstić information content (AvgIpc) is 2.95. The molecule has 1 aliphatic carbocycles. The Morgan fingerprint density at radius 1 is 1.39 bits per heavy atom. The Kier molecular flexibility index (Phi) is 4.83. The molecule has 1 fully saturated rings. The van der Waals surface area contributed by atoms with Gasteiger partial charge in [-0.05, 0) is 32.3 Å². The molecule has 0 aromatic heterocycles. The zero-order valence-corrected chi connectivity index (χ0v) is 12.9. The average molecular weight is 322 g/mol. The molecular formula is C15H18N2O6.